The number of hydrogen-bond acceptors (Lipinski definition) is 5. The summed E-state index contributed by atoms with van der Waals surface area (Å²) in [4.78, 5) is 14.4. The first-order valence-electron chi connectivity index (χ1n) is 9.14. The highest BCUT2D eigenvalue weighted by atomic mass is 16.3. The summed E-state index contributed by atoms with van der Waals surface area (Å²) in [6, 6.07) is 16.6. The Morgan fingerprint density at radius 1 is 1.18 bits per heavy atom. The third kappa shape index (κ3) is 4.37. The molecule has 1 aromatic heterocycles. The lowest BCUT2D eigenvalue weighted by Crippen LogP contribution is -2.21. The fraction of sp³-hybridized carbons (Fsp3) is 0.190. The molecule has 2 aromatic carbocycles. The van der Waals surface area contributed by atoms with Gasteiger partial charge in [0.05, 0.1) is 11.9 Å². The molecule has 0 aliphatic carbocycles. The number of anilines is 1. The second kappa shape index (κ2) is 8.85. The number of aromatic nitrogens is 2. The summed E-state index contributed by atoms with van der Waals surface area (Å²) >= 11 is 0. The minimum atomic E-state index is -0.412. The normalized spacial score (nSPS) is 10.9. The molecule has 28 heavy (non-hydrogen) atoms. The van der Waals surface area contributed by atoms with Crippen LogP contribution in [0, 0.1) is 0 Å². The number of hydrazone groups is 1. The number of H-pyrrole nitrogens is 1. The van der Waals surface area contributed by atoms with E-state index in [1.165, 1.54) is 6.21 Å². The molecule has 7 nitrogen and oxygen atoms in total. The van der Waals surface area contributed by atoms with E-state index in [0.29, 0.717) is 17.0 Å². The zero-order valence-electron chi connectivity index (χ0n) is 15.9. The molecule has 0 saturated heterocycles. The van der Waals surface area contributed by atoms with Gasteiger partial charge in [-0.2, -0.15) is 10.2 Å². The van der Waals surface area contributed by atoms with Crippen LogP contribution in [0.4, 0.5) is 5.69 Å². The fourth-order valence-corrected chi connectivity index (χ4v) is 2.84. The number of carbonyl (C=O) groups excluding carboxylic acids is 1. The number of aromatic amines is 1. The van der Waals surface area contributed by atoms with Gasteiger partial charge >= 0.3 is 0 Å². The average molecular weight is 377 g/mol. The van der Waals surface area contributed by atoms with E-state index in [1.54, 1.807) is 18.2 Å². The molecule has 1 amide bonds. The Bertz CT molecular complexity index is 962. The lowest BCUT2D eigenvalue weighted by molar-refractivity contribution is 0.0950. The van der Waals surface area contributed by atoms with E-state index in [1.807, 2.05) is 36.4 Å². The van der Waals surface area contributed by atoms with Gasteiger partial charge in [-0.15, -0.1) is 0 Å². The molecule has 0 fully saturated rings. The lowest BCUT2D eigenvalue weighted by Gasteiger charge is -2.21. The monoisotopic (exact) mass is 377 g/mol. The second-order valence-corrected chi connectivity index (χ2v) is 6.15. The van der Waals surface area contributed by atoms with Crippen molar-refractivity contribution < 1.29 is 9.90 Å². The molecule has 7 heteroatoms. The molecular formula is C21H23N5O2. The number of hydrogen-bond donors (Lipinski definition) is 3. The van der Waals surface area contributed by atoms with Crippen LogP contribution in [0.3, 0.4) is 0 Å². The van der Waals surface area contributed by atoms with Gasteiger partial charge in [-0.1, -0.05) is 30.3 Å². The van der Waals surface area contributed by atoms with Gasteiger partial charge < -0.3 is 10.0 Å². The van der Waals surface area contributed by atoms with Gasteiger partial charge in [0.1, 0.15) is 11.4 Å². The minimum Gasteiger partial charge on any atom is -0.507 e. The Labute approximate surface area is 163 Å². The van der Waals surface area contributed by atoms with Gasteiger partial charge in [0.2, 0.25) is 0 Å². The van der Waals surface area contributed by atoms with Crippen LogP contribution in [0.2, 0.25) is 0 Å². The molecule has 3 N–H and O–H groups in total. The number of carbonyl (C=O) groups is 1. The number of nitrogens with zero attached hydrogens (tertiary/aromatic N) is 3. The number of rotatable bonds is 7. The van der Waals surface area contributed by atoms with Crippen molar-refractivity contribution in [2.24, 2.45) is 5.10 Å². The topological polar surface area (TPSA) is 93.6 Å². The second-order valence-electron chi connectivity index (χ2n) is 6.15. The molecule has 0 saturated carbocycles. The molecule has 3 rings (SSSR count). The Morgan fingerprint density at radius 3 is 2.61 bits per heavy atom. The summed E-state index contributed by atoms with van der Waals surface area (Å²) in [6.45, 7) is 5.83. The third-order valence-electron chi connectivity index (χ3n) is 4.40. The van der Waals surface area contributed by atoms with E-state index in [-0.39, 0.29) is 5.75 Å². The molecule has 0 unspecified atom stereocenters. The van der Waals surface area contributed by atoms with Crippen LogP contribution in [0.15, 0.2) is 59.7 Å². The molecule has 0 aliphatic heterocycles. The van der Waals surface area contributed by atoms with E-state index in [4.69, 9.17) is 0 Å². The Kier molecular flexibility index (Phi) is 6.06. The summed E-state index contributed by atoms with van der Waals surface area (Å²) in [5.41, 5.74) is 5.79. The molecule has 1 heterocycles. The highest BCUT2D eigenvalue weighted by Crippen LogP contribution is 2.23. The molecule has 0 radical (unpaired) electrons. The number of benzene rings is 2. The van der Waals surface area contributed by atoms with Crippen molar-refractivity contribution in [2.75, 3.05) is 18.0 Å². The standard InChI is InChI=1S/C21H23N5O2/c1-3-26(4-2)17-11-10-16(20(27)12-17)14-22-25-21(28)19-13-18(23-24-19)15-8-6-5-7-9-15/h5-14,27H,3-4H2,1-2H3,(H,23,24)(H,25,28). The van der Waals surface area contributed by atoms with E-state index in [0.717, 1.165) is 24.3 Å². The number of aromatic hydroxyl groups is 1. The van der Waals surface area contributed by atoms with Gasteiger partial charge in [-0.05, 0) is 32.0 Å². The van der Waals surface area contributed by atoms with Crippen molar-refractivity contribution in [1.29, 1.82) is 0 Å². The molecule has 0 atom stereocenters. The first kappa shape index (κ1) is 19.2. The van der Waals surface area contributed by atoms with Crippen LogP contribution < -0.4 is 10.3 Å². The van der Waals surface area contributed by atoms with Crippen molar-refractivity contribution in [2.45, 2.75) is 13.8 Å². The lowest BCUT2D eigenvalue weighted by atomic mass is 10.1. The summed E-state index contributed by atoms with van der Waals surface area (Å²) in [6.07, 6.45) is 1.41. The number of nitrogens with one attached hydrogen (secondary N) is 2. The minimum absolute atomic E-state index is 0.107. The Balaban J connectivity index is 1.65. The van der Waals surface area contributed by atoms with Gasteiger partial charge in [-0.25, -0.2) is 5.43 Å². The molecule has 0 bridgehead atoms. The highest BCUT2D eigenvalue weighted by molar-refractivity contribution is 5.94. The van der Waals surface area contributed by atoms with Crippen LogP contribution in [0.25, 0.3) is 11.3 Å². The molecule has 144 valence electrons. The highest BCUT2D eigenvalue weighted by Gasteiger charge is 2.10. The van der Waals surface area contributed by atoms with Crippen LogP contribution >= 0.6 is 0 Å². The van der Waals surface area contributed by atoms with Crippen LogP contribution in [0.5, 0.6) is 5.75 Å². The zero-order valence-corrected chi connectivity index (χ0v) is 15.9. The maximum absolute atomic E-state index is 12.2. The number of amides is 1. The van der Waals surface area contributed by atoms with Crippen LogP contribution in [-0.2, 0) is 0 Å². The summed E-state index contributed by atoms with van der Waals surface area (Å²) in [5.74, 6) is -0.305. The van der Waals surface area contributed by atoms with Crippen molar-refractivity contribution in [3.05, 3.63) is 65.9 Å². The number of phenols is 1. The predicted octanol–water partition coefficient (Wildman–Crippen LogP) is 3.39. The maximum Gasteiger partial charge on any atom is 0.289 e. The van der Waals surface area contributed by atoms with Gasteiger partial charge in [0, 0.05) is 36.0 Å². The van der Waals surface area contributed by atoms with E-state index in [9.17, 15) is 9.90 Å². The predicted molar refractivity (Wildman–Crippen MR) is 111 cm³/mol. The molecule has 3 aromatic rings. The SMILES string of the molecule is CCN(CC)c1ccc(C=NNC(=O)c2cc(-c3ccccc3)n[nH]2)c(O)c1. The smallest absolute Gasteiger partial charge is 0.289 e. The zero-order chi connectivity index (χ0) is 19.9. The third-order valence-corrected chi connectivity index (χ3v) is 4.40. The van der Waals surface area contributed by atoms with Gasteiger partial charge in [0.15, 0.2) is 0 Å². The van der Waals surface area contributed by atoms with Crippen molar-refractivity contribution in [3.63, 3.8) is 0 Å². The summed E-state index contributed by atoms with van der Waals surface area (Å²) in [7, 11) is 0. The molecule has 0 spiro atoms. The van der Waals surface area contributed by atoms with Crippen LogP contribution in [-0.4, -0.2) is 40.5 Å². The summed E-state index contributed by atoms with van der Waals surface area (Å²) < 4.78 is 0. The number of phenolic OH excluding ortho intramolecular Hbond substituents is 1. The molecule has 0 aliphatic rings. The van der Waals surface area contributed by atoms with Crippen molar-refractivity contribution >= 4 is 17.8 Å². The van der Waals surface area contributed by atoms with Crippen molar-refractivity contribution in [1.82, 2.24) is 15.6 Å². The average Bonchev–Trinajstić information content (AvgIpc) is 3.21. The summed E-state index contributed by atoms with van der Waals surface area (Å²) in [5, 5.41) is 21.0. The molecular weight excluding hydrogens is 354 g/mol. The van der Waals surface area contributed by atoms with Gasteiger partial charge in [-0.3, -0.25) is 9.89 Å². The Morgan fingerprint density at radius 2 is 1.93 bits per heavy atom. The van der Waals surface area contributed by atoms with E-state index in [2.05, 4.69) is 39.5 Å². The van der Waals surface area contributed by atoms with E-state index < -0.39 is 5.91 Å². The first-order valence-corrected chi connectivity index (χ1v) is 9.14. The van der Waals surface area contributed by atoms with E-state index >= 15 is 0 Å². The quantitative estimate of drug-likeness (QED) is 0.435. The maximum atomic E-state index is 12.2. The Hall–Kier alpha value is -3.61. The van der Waals surface area contributed by atoms with Crippen molar-refractivity contribution in [3.8, 4) is 17.0 Å². The fourth-order valence-electron chi connectivity index (χ4n) is 2.84. The van der Waals surface area contributed by atoms with Crippen LogP contribution in [0.1, 0.15) is 29.9 Å². The largest absolute Gasteiger partial charge is 0.507 e. The first-order chi connectivity index (χ1) is 13.6. The van der Waals surface area contributed by atoms with Gasteiger partial charge in [0.25, 0.3) is 5.91 Å².